The van der Waals surface area contributed by atoms with E-state index in [4.69, 9.17) is 9.84 Å². The molecular weight excluding hydrogens is 392 g/mol. The lowest BCUT2D eigenvalue weighted by Crippen LogP contribution is -2.23. The molecule has 0 aromatic heterocycles. The Hall–Kier alpha value is -1.64. The standard InChI is InChI=1S/C30H48O2/c1-24(2)12-9-15-27(5)17-10-16-25(3)13-7-8-14-26(4)18-11-19-29-20-21-30(32-23-29)28(6)22-31/h12-14,17,19,30-31H,6-11,15-16,18,20-23H2,1-5H3/b25-13+,26-14+,27-17+,29-19-/t30-/m1/s1. The molecule has 0 saturated carbocycles. The van der Waals surface area contributed by atoms with Gasteiger partial charge in [-0.05, 0) is 110 Å². The highest BCUT2D eigenvalue weighted by Gasteiger charge is 2.18. The van der Waals surface area contributed by atoms with Gasteiger partial charge in [0.25, 0.3) is 0 Å². The third kappa shape index (κ3) is 13.7. The molecule has 0 aromatic rings. The van der Waals surface area contributed by atoms with E-state index in [0.717, 1.165) is 56.9 Å². The van der Waals surface area contributed by atoms with Crippen LogP contribution in [-0.4, -0.2) is 24.4 Å². The van der Waals surface area contributed by atoms with Gasteiger partial charge in [-0.1, -0.05) is 59.3 Å². The first kappa shape index (κ1) is 28.4. The van der Waals surface area contributed by atoms with Gasteiger partial charge in [0.1, 0.15) is 0 Å². The van der Waals surface area contributed by atoms with E-state index in [1.807, 2.05) is 0 Å². The molecule has 1 N–H and O–H groups in total. The summed E-state index contributed by atoms with van der Waals surface area (Å²) in [5.74, 6) is 0. The number of aliphatic hydroxyl groups excluding tert-OH is 1. The molecule has 0 aromatic carbocycles. The second-order valence-corrected chi connectivity index (χ2v) is 9.64. The van der Waals surface area contributed by atoms with Crippen molar-refractivity contribution < 1.29 is 9.84 Å². The van der Waals surface area contributed by atoms with E-state index in [1.165, 1.54) is 40.7 Å². The van der Waals surface area contributed by atoms with E-state index in [-0.39, 0.29) is 12.7 Å². The van der Waals surface area contributed by atoms with E-state index in [0.29, 0.717) is 6.61 Å². The summed E-state index contributed by atoms with van der Waals surface area (Å²) in [6, 6.07) is 0. The first-order valence-corrected chi connectivity index (χ1v) is 12.5. The van der Waals surface area contributed by atoms with Crippen LogP contribution in [-0.2, 0) is 4.74 Å². The molecule has 0 bridgehead atoms. The fourth-order valence-electron chi connectivity index (χ4n) is 3.87. The van der Waals surface area contributed by atoms with Crippen LogP contribution in [0.5, 0.6) is 0 Å². The smallest absolute Gasteiger partial charge is 0.0811 e. The molecule has 0 unspecified atom stereocenters. The number of ether oxygens (including phenoxy) is 1. The average Bonchev–Trinajstić information content (AvgIpc) is 2.76. The molecule has 1 aliphatic heterocycles. The molecule has 0 amide bonds. The predicted octanol–water partition coefficient (Wildman–Crippen LogP) is 8.57. The Morgan fingerprint density at radius 3 is 1.88 bits per heavy atom. The zero-order valence-electron chi connectivity index (χ0n) is 21.5. The minimum atomic E-state index is 0.0238. The van der Waals surface area contributed by atoms with E-state index >= 15 is 0 Å². The van der Waals surface area contributed by atoms with Crippen LogP contribution in [0.4, 0.5) is 0 Å². The van der Waals surface area contributed by atoms with Crippen molar-refractivity contribution in [3.63, 3.8) is 0 Å². The molecular formula is C30H48O2. The maximum Gasteiger partial charge on any atom is 0.0811 e. The van der Waals surface area contributed by atoms with Gasteiger partial charge < -0.3 is 9.84 Å². The first-order valence-electron chi connectivity index (χ1n) is 12.5. The van der Waals surface area contributed by atoms with Crippen molar-refractivity contribution in [2.45, 2.75) is 105 Å². The molecule has 1 fully saturated rings. The summed E-state index contributed by atoms with van der Waals surface area (Å²) in [6.07, 6.45) is 23.1. The Morgan fingerprint density at radius 2 is 1.38 bits per heavy atom. The van der Waals surface area contributed by atoms with E-state index < -0.39 is 0 Å². The van der Waals surface area contributed by atoms with Crippen LogP contribution in [0.15, 0.2) is 70.4 Å². The molecule has 180 valence electrons. The number of hydrogen-bond donors (Lipinski definition) is 1. The molecule has 0 radical (unpaired) electrons. The molecule has 2 heteroatoms. The van der Waals surface area contributed by atoms with Gasteiger partial charge >= 0.3 is 0 Å². The van der Waals surface area contributed by atoms with Crippen molar-refractivity contribution >= 4 is 0 Å². The zero-order valence-corrected chi connectivity index (χ0v) is 21.5. The third-order valence-electron chi connectivity index (χ3n) is 6.10. The number of unbranched alkanes of at least 4 members (excludes halogenated alkanes) is 1. The average molecular weight is 441 g/mol. The molecule has 2 nitrogen and oxygen atoms in total. The maximum absolute atomic E-state index is 9.16. The van der Waals surface area contributed by atoms with E-state index in [1.54, 1.807) is 0 Å². The highest BCUT2D eigenvalue weighted by atomic mass is 16.5. The lowest BCUT2D eigenvalue weighted by molar-refractivity contribution is 0.0599. The SMILES string of the molecule is C=C(CO)[C@H]1CC/C(=C/CC/C(C)=C/CC/C=C(\C)CC/C=C(\C)CCC=C(C)C)CO1. The molecule has 1 saturated heterocycles. The van der Waals surface area contributed by atoms with Gasteiger partial charge in [-0.15, -0.1) is 0 Å². The van der Waals surface area contributed by atoms with Crippen molar-refractivity contribution in [2.75, 3.05) is 13.2 Å². The lowest BCUT2D eigenvalue weighted by Gasteiger charge is -2.25. The Labute approximate surface area is 198 Å². The highest BCUT2D eigenvalue weighted by molar-refractivity contribution is 5.13. The van der Waals surface area contributed by atoms with Gasteiger partial charge in [-0.2, -0.15) is 0 Å². The Balaban J connectivity index is 2.21. The van der Waals surface area contributed by atoms with Gasteiger partial charge in [0.2, 0.25) is 0 Å². The minimum absolute atomic E-state index is 0.0238. The van der Waals surface area contributed by atoms with Crippen molar-refractivity contribution in [3.05, 3.63) is 70.4 Å². The normalized spacial score (nSPS) is 19.4. The molecule has 0 spiro atoms. The number of aliphatic hydroxyl groups is 1. The molecule has 0 aliphatic carbocycles. The molecule has 1 heterocycles. The molecule has 1 aliphatic rings. The fraction of sp³-hybridized carbons (Fsp3) is 0.600. The summed E-state index contributed by atoms with van der Waals surface area (Å²) >= 11 is 0. The first-order chi connectivity index (χ1) is 15.3. The Kier molecular flexibility index (Phi) is 15.0. The van der Waals surface area contributed by atoms with Crippen molar-refractivity contribution in [1.82, 2.24) is 0 Å². The van der Waals surface area contributed by atoms with Crippen LogP contribution in [0.3, 0.4) is 0 Å². The summed E-state index contributed by atoms with van der Waals surface area (Å²) in [6.45, 7) is 15.7. The molecule has 1 rings (SSSR count). The summed E-state index contributed by atoms with van der Waals surface area (Å²) in [5.41, 5.74) is 8.10. The van der Waals surface area contributed by atoms with Gasteiger partial charge in [0.05, 0.1) is 19.3 Å². The summed E-state index contributed by atoms with van der Waals surface area (Å²) in [5, 5.41) is 9.16. The van der Waals surface area contributed by atoms with Crippen LogP contribution in [0.25, 0.3) is 0 Å². The van der Waals surface area contributed by atoms with Gasteiger partial charge in [-0.3, -0.25) is 0 Å². The number of rotatable bonds is 14. The number of allylic oxidation sites excluding steroid dienone is 9. The second-order valence-electron chi connectivity index (χ2n) is 9.64. The van der Waals surface area contributed by atoms with Crippen LogP contribution >= 0.6 is 0 Å². The van der Waals surface area contributed by atoms with Crippen LogP contribution < -0.4 is 0 Å². The van der Waals surface area contributed by atoms with Crippen molar-refractivity contribution in [2.24, 2.45) is 0 Å². The monoisotopic (exact) mass is 440 g/mol. The van der Waals surface area contributed by atoms with Crippen molar-refractivity contribution in [1.29, 1.82) is 0 Å². The number of hydrogen-bond acceptors (Lipinski definition) is 2. The molecule has 1 atom stereocenters. The summed E-state index contributed by atoms with van der Waals surface area (Å²) < 4.78 is 5.81. The Morgan fingerprint density at radius 1 is 0.844 bits per heavy atom. The zero-order chi connectivity index (χ0) is 23.8. The maximum atomic E-state index is 9.16. The fourth-order valence-corrected chi connectivity index (χ4v) is 3.87. The van der Waals surface area contributed by atoms with Gasteiger partial charge in [0.15, 0.2) is 0 Å². The van der Waals surface area contributed by atoms with E-state index in [2.05, 4.69) is 71.6 Å². The minimum Gasteiger partial charge on any atom is -0.392 e. The lowest BCUT2D eigenvalue weighted by atomic mass is 9.98. The third-order valence-corrected chi connectivity index (χ3v) is 6.10. The summed E-state index contributed by atoms with van der Waals surface area (Å²) in [7, 11) is 0. The van der Waals surface area contributed by atoms with Crippen LogP contribution in [0.2, 0.25) is 0 Å². The highest BCUT2D eigenvalue weighted by Crippen LogP contribution is 2.23. The van der Waals surface area contributed by atoms with Crippen LogP contribution in [0, 0.1) is 0 Å². The topological polar surface area (TPSA) is 29.5 Å². The van der Waals surface area contributed by atoms with Crippen LogP contribution in [0.1, 0.15) is 98.8 Å². The van der Waals surface area contributed by atoms with E-state index in [9.17, 15) is 0 Å². The quantitative estimate of drug-likeness (QED) is 0.216. The van der Waals surface area contributed by atoms with Gasteiger partial charge in [0, 0.05) is 0 Å². The van der Waals surface area contributed by atoms with Gasteiger partial charge in [-0.25, -0.2) is 0 Å². The Bertz CT molecular complexity index is 701. The second kappa shape index (κ2) is 16.9. The summed E-state index contributed by atoms with van der Waals surface area (Å²) in [4.78, 5) is 0. The van der Waals surface area contributed by atoms with Crippen molar-refractivity contribution in [3.8, 4) is 0 Å². The molecule has 32 heavy (non-hydrogen) atoms. The predicted molar refractivity (Wildman–Crippen MR) is 141 cm³/mol. The largest absolute Gasteiger partial charge is 0.392 e.